The van der Waals surface area contributed by atoms with Gasteiger partial charge >= 0.3 is 5.13 Å². The number of rotatable bonds is 5. The Morgan fingerprint density at radius 3 is 2.25 bits per heavy atom. The Kier molecular flexibility index (Phi) is 6.20. The van der Waals surface area contributed by atoms with Crippen molar-refractivity contribution in [3.8, 4) is 16.9 Å². The van der Waals surface area contributed by atoms with Crippen LogP contribution in [0.4, 0.5) is 10.8 Å². The van der Waals surface area contributed by atoms with Crippen LogP contribution in [-0.4, -0.2) is 9.60 Å². The van der Waals surface area contributed by atoms with Crippen LogP contribution in [0.2, 0.25) is 0 Å². The van der Waals surface area contributed by atoms with E-state index in [-0.39, 0.29) is 22.1 Å². The fourth-order valence-corrected chi connectivity index (χ4v) is 4.21. The molecule has 0 atom stereocenters. The van der Waals surface area contributed by atoms with Crippen molar-refractivity contribution in [3.63, 3.8) is 0 Å². The Hall–Kier alpha value is -3.69. The van der Waals surface area contributed by atoms with Crippen LogP contribution in [0.1, 0.15) is 0 Å². The molecule has 2 aromatic heterocycles. The van der Waals surface area contributed by atoms with Gasteiger partial charge in [0.25, 0.3) is 5.03 Å². The predicted molar refractivity (Wildman–Crippen MR) is 120 cm³/mol. The van der Waals surface area contributed by atoms with Gasteiger partial charge in [0.2, 0.25) is 0 Å². The van der Waals surface area contributed by atoms with E-state index in [0.29, 0.717) is 5.69 Å². The highest BCUT2D eigenvalue weighted by atomic mass is 79.9. The van der Waals surface area contributed by atoms with Crippen molar-refractivity contribution >= 4 is 33.1 Å². The van der Waals surface area contributed by atoms with E-state index in [1.54, 1.807) is 5.38 Å². The maximum Gasteiger partial charge on any atom is 0.471 e. The molecule has 0 amide bonds. The van der Waals surface area contributed by atoms with Crippen LogP contribution in [0.3, 0.4) is 0 Å². The zero-order valence-electron chi connectivity index (χ0n) is 16.6. The first-order valence-corrected chi connectivity index (χ1v) is 10.4. The van der Waals surface area contributed by atoms with E-state index in [1.807, 2.05) is 84.9 Å². The maximum absolute atomic E-state index is 11.3. The smallest absolute Gasteiger partial charge is 0.471 e. The SMILES string of the molecule is O=[N+]([O-])[n+]1ccsc1N=Nc1c(-c2ccccc2)n(-c2ccccc2)c2ccccc12.[Br-]. The fraction of sp³-hybridized carbons (Fsp3) is 0. The van der Waals surface area contributed by atoms with Crippen LogP contribution in [0.5, 0.6) is 0 Å². The number of nitrogens with zero attached hydrogens (tertiary/aromatic N) is 5. The molecule has 32 heavy (non-hydrogen) atoms. The summed E-state index contributed by atoms with van der Waals surface area (Å²) >= 11 is 1.16. The molecule has 0 aliphatic heterocycles. The summed E-state index contributed by atoms with van der Waals surface area (Å²) in [5, 5.41) is 22.2. The van der Waals surface area contributed by atoms with E-state index in [1.165, 1.54) is 6.20 Å². The molecule has 7 nitrogen and oxygen atoms in total. The van der Waals surface area contributed by atoms with E-state index in [0.717, 1.165) is 43.9 Å². The lowest BCUT2D eigenvalue weighted by Gasteiger charge is -2.11. The lowest BCUT2D eigenvalue weighted by Crippen LogP contribution is -3.00. The molecule has 0 aliphatic rings. The molecular formula is C23H16BrN5O2S. The topological polar surface area (TPSA) is 76.7 Å². The van der Waals surface area contributed by atoms with Crippen molar-refractivity contribution in [2.24, 2.45) is 10.2 Å². The van der Waals surface area contributed by atoms with Crippen LogP contribution in [0, 0.1) is 10.1 Å². The van der Waals surface area contributed by atoms with Gasteiger partial charge in [0.1, 0.15) is 5.69 Å². The summed E-state index contributed by atoms with van der Waals surface area (Å²) in [7, 11) is 0. The van der Waals surface area contributed by atoms with Crippen molar-refractivity contribution in [2.45, 2.75) is 0 Å². The van der Waals surface area contributed by atoms with Gasteiger partial charge in [-0.15, -0.1) is 0 Å². The average molecular weight is 506 g/mol. The first kappa shape index (κ1) is 21.5. The largest absolute Gasteiger partial charge is 1.00 e. The van der Waals surface area contributed by atoms with Gasteiger partial charge in [-0.3, -0.25) is 0 Å². The summed E-state index contributed by atoms with van der Waals surface area (Å²) in [4.78, 5) is 11.3. The van der Waals surface area contributed by atoms with Gasteiger partial charge in [-0.2, -0.15) is 0 Å². The molecule has 0 N–H and O–H groups in total. The van der Waals surface area contributed by atoms with Gasteiger partial charge in [0, 0.05) is 22.0 Å². The first-order valence-electron chi connectivity index (χ1n) is 9.54. The minimum absolute atomic E-state index is 0. The minimum atomic E-state index is -0.518. The number of halogens is 1. The van der Waals surface area contributed by atoms with Crippen molar-refractivity contribution in [3.05, 3.63) is 107 Å². The van der Waals surface area contributed by atoms with Crippen LogP contribution >= 0.6 is 11.3 Å². The molecule has 0 saturated heterocycles. The lowest BCUT2D eigenvalue weighted by molar-refractivity contribution is -1.18. The zero-order valence-corrected chi connectivity index (χ0v) is 19.0. The lowest BCUT2D eigenvalue weighted by atomic mass is 10.1. The van der Waals surface area contributed by atoms with Crippen molar-refractivity contribution in [1.82, 2.24) is 4.57 Å². The molecule has 0 bridgehead atoms. The Bertz CT molecular complexity index is 1410. The quantitative estimate of drug-likeness (QED) is 0.159. The predicted octanol–water partition coefficient (Wildman–Crippen LogP) is 3.11. The Balaban J connectivity index is 0.00000245. The van der Waals surface area contributed by atoms with Gasteiger partial charge in [0.05, 0.1) is 21.0 Å². The van der Waals surface area contributed by atoms with Crippen LogP contribution < -0.4 is 21.7 Å². The molecule has 158 valence electrons. The Morgan fingerprint density at radius 1 is 0.875 bits per heavy atom. The van der Waals surface area contributed by atoms with Gasteiger partial charge in [-0.1, -0.05) is 66.7 Å². The van der Waals surface area contributed by atoms with Crippen LogP contribution in [0.25, 0.3) is 27.8 Å². The number of benzene rings is 3. The number of thiazole rings is 1. The number of aromatic nitrogens is 2. The molecule has 0 radical (unpaired) electrons. The summed E-state index contributed by atoms with van der Waals surface area (Å²) in [6.07, 6.45) is 1.37. The Labute approximate surface area is 197 Å². The van der Waals surface area contributed by atoms with E-state index >= 15 is 0 Å². The highest BCUT2D eigenvalue weighted by Crippen LogP contribution is 2.42. The second-order valence-corrected chi connectivity index (χ2v) is 7.59. The van der Waals surface area contributed by atoms with Crippen LogP contribution in [-0.2, 0) is 0 Å². The molecule has 5 rings (SSSR count). The average Bonchev–Trinajstić information content (AvgIpc) is 3.41. The van der Waals surface area contributed by atoms with Crippen LogP contribution in [0.15, 0.2) is 107 Å². The summed E-state index contributed by atoms with van der Waals surface area (Å²) < 4.78 is 3.02. The molecule has 0 aliphatic carbocycles. The summed E-state index contributed by atoms with van der Waals surface area (Å²) in [6.45, 7) is 0. The number of fused-ring (bicyclic) bond motifs is 1. The zero-order chi connectivity index (χ0) is 21.2. The monoisotopic (exact) mass is 505 g/mol. The second kappa shape index (κ2) is 9.21. The molecular weight excluding hydrogens is 490 g/mol. The van der Waals surface area contributed by atoms with Gasteiger partial charge in [-0.05, 0) is 34.7 Å². The fourth-order valence-electron chi connectivity index (χ4n) is 3.58. The number of hydrogen-bond acceptors (Lipinski definition) is 5. The first-order chi connectivity index (χ1) is 15.2. The van der Waals surface area contributed by atoms with Gasteiger partial charge in [-0.25, -0.2) is 10.1 Å². The molecule has 0 saturated carbocycles. The van der Waals surface area contributed by atoms with Crippen molar-refractivity contribution in [1.29, 1.82) is 0 Å². The number of hydrogen-bond donors (Lipinski definition) is 0. The molecule has 0 fully saturated rings. The maximum atomic E-state index is 11.3. The van der Waals surface area contributed by atoms with E-state index in [4.69, 9.17) is 0 Å². The van der Waals surface area contributed by atoms with Crippen molar-refractivity contribution in [2.75, 3.05) is 0 Å². The minimum Gasteiger partial charge on any atom is -1.00 e. The van der Waals surface area contributed by atoms with Crippen molar-refractivity contribution < 1.29 is 26.7 Å². The number of nitro groups is 1. The molecule has 9 heteroatoms. The van der Waals surface area contributed by atoms with Gasteiger partial charge in [0.15, 0.2) is 6.20 Å². The molecule has 5 aromatic rings. The van der Waals surface area contributed by atoms with Gasteiger partial charge < -0.3 is 21.5 Å². The Morgan fingerprint density at radius 2 is 1.53 bits per heavy atom. The summed E-state index contributed by atoms with van der Waals surface area (Å²) in [6, 6.07) is 28.0. The molecule has 0 spiro atoms. The van der Waals surface area contributed by atoms with E-state index in [2.05, 4.69) is 14.8 Å². The molecule has 3 aromatic carbocycles. The summed E-state index contributed by atoms with van der Waals surface area (Å²) in [5.74, 6) is 0. The highest BCUT2D eigenvalue weighted by molar-refractivity contribution is 7.12. The normalized spacial score (nSPS) is 11.0. The molecule has 2 heterocycles. The third-order valence-corrected chi connectivity index (χ3v) is 5.63. The third-order valence-electron chi connectivity index (χ3n) is 4.89. The second-order valence-electron chi connectivity index (χ2n) is 6.72. The van der Waals surface area contributed by atoms with E-state index in [9.17, 15) is 10.1 Å². The standard InChI is InChI=1S/C23H16N5O2S.BrH/c29-28(30)26-15-16-31-23(26)25-24-21-19-13-7-8-14-20(19)27(18-11-5-2-6-12-18)22(21)17-9-3-1-4-10-17;/h1-16H;1H/q+1;/p-1. The highest BCUT2D eigenvalue weighted by Gasteiger charge is 2.24. The molecule has 0 unspecified atom stereocenters. The van der Waals surface area contributed by atoms with E-state index < -0.39 is 5.03 Å². The number of para-hydroxylation sites is 2. The number of azo groups is 1. The third kappa shape index (κ3) is 3.83. The summed E-state index contributed by atoms with van der Waals surface area (Å²) in [5.41, 5.74) is 4.49.